The Morgan fingerprint density at radius 2 is 1.71 bits per heavy atom. The summed E-state index contributed by atoms with van der Waals surface area (Å²) in [6.45, 7) is 2.74. The van der Waals surface area contributed by atoms with Crippen molar-refractivity contribution in [3.05, 3.63) is 82.9 Å². The van der Waals surface area contributed by atoms with Crippen LogP contribution >= 0.6 is 0 Å². The molecule has 0 bridgehead atoms. The quantitative estimate of drug-likeness (QED) is 0.547. The van der Waals surface area contributed by atoms with Crippen molar-refractivity contribution in [2.24, 2.45) is 5.73 Å². The monoisotopic (exact) mass is 488 g/mol. The Labute approximate surface area is 195 Å². The van der Waals surface area contributed by atoms with Crippen LogP contribution in [0.5, 0.6) is 11.5 Å². The van der Waals surface area contributed by atoms with Gasteiger partial charge in [-0.15, -0.1) is 0 Å². The highest BCUT2D eigenvalue weighted by Crippen LogP contribution is 2.38. The minimum Gasteiger partial charge on any atom is -0.451 e. The molecule has 1 aliphatic heterocycles. The predicted octanol–water partition coefficient (Wildman–Crippen LogP) is 3.66. The van der Waals surface area contributed by atoms with Gasteiger partial charge in [-0.2, -0.15) is 0 Å². The average molecular weight is 489 g/mol. The molecule has 34 heavy (non-hydrogen) atoms. The number of nitrogens with two attached hydrogens (primary N) is 1. The van der Waals surface area contributed by atoms with Crippen LogP contribution in [0, 0.1) is 18.6 Å². The van der Waals surface area contributed by atoms with E-state index in [0.717, 1.165) is 22.0 Å². The second-order valence-corrected chi connectivity index (χ2v) is 9.76. The minimum atomic E-state index is -4.33. The molecule has 1 atom stereocenters. The van der Waals surface area contributed by atoms with Crippen LogP contribution in [0.25, 0.3) is 0 Å². The van der Waals surface area contributed by atoms with Gasteiger partial charge < -0.3 is 15.2 Å². The van der Waals surface area contributed by atoms with E-state index in [2.05, 4.69) is 0 Å². The molecule has 0 radical (unpaired) electrons. The molecule has 1 unspecified atom stereocenters. The Morgan fingerprint density at radius 3 is 2.38 bits per heavy atom. The topological polar surface area (TPSA) is 98.9 Å². The van der Waals surface area contributed by atoms with Crippen LogP contribution in [0.3, 0.4) is 0 Å². The number of sulfonamides is 1. The average Bonchev–Trinajstić information content (AvgIpc) is 3.14. The van der Waals surface area contributed by atoms with E-state index < -0.39 is 40.4 Å². The summed E-state index contributed by atoms with van der Waals surface area (Å²) in [5.74, 6) is -1.80. The van der Waals surface area contributed by atoms with Crippen LogP contribution in [0.4, 0.5) is 14.5 Å². The van der Waals surface area contributed by atoms with Gasteiger partial charge in [-0.05, 0) is 42.8 Å². The van der Waals surface area contributed by atoms with E-state index in [9.17, 15) is 22.0 Å². The molecule has 0 fully saturated rings. The van der Waals surface area contributed by atoms with E-state index in [1.807, 2.05) is 0 Å². The molecule has 1 aliphatic rings. The Morgan fingerprint density at radius 1 is 1.03 bits per heavy atom. The largest absolute Gasteiger partial charge is 0.451 e. The third kappa shape index (κ3) is 4.54. The van der Waals surface area contributed by atoms with Gasteiger partial charge in [0.1, 0.15) is 18.2 Å². The van der Waals surface area contributed by atoms with Crippen molar-refractivity contribution in [3.63, 3.8) is 0 Å². The summed E-state index contributed by atoms with van der Waals surface area (Å²) in [5, 5.41) is 0. The third-order valence-corrected chi connectivity index (χ3v) is 7.08. The molecule has 0 spiro atoms. The number of hydrogen-bond donors (Lipinski definition) is 1. The van der Waals surface area contributed by atoms with Crippen molar-refractivity contribution in [2.45, 2.75) is 31.5 Å². The Kier molecular flexibility index (Phi) is 6.18. The molecule has 178 valence electrons. The van der Waals surface area contributed by atoms with Crippen LogP contribution in [0.2, 0.25) is 0 Å². The van der Waals surface area contributed by atoms with E-state index in [1.165, 1.54) is 30.3 Å². The van der Waals surface area contributed by atoms with Crippen molar-refractivity contribution < 1.29 is 31.5 Å². The summed E-state index contributed by atoms with van der Waals surface area (Å²) in [6.07, 6.45) is -0.812. The van der Waals surface area contributed by atoms with E-state index in [0.29, 0.717) is 11.3 Å². The number of benzene rings is 3. The van der Waals surface area contributed by atoms with Gasteiger partial charge in [-0.3, -0.25) is 9.10 Å². The molecule has 10 heteroatoms. The molecule has 4 rings (SSSR count). The maximum Gasteiger partial charge on any atom is 0.264 e. The number of carbonyl (C=O) groups excluding carboxylic acids is 1. The number of nitrogens with zero attached hydrogens (tertiary/aromatic N) is 1. The van der Waals surface area contributed by atoms with Crippen LogP contribution < -0.4 is 19.5 Å². The summed E-state index contributed by atoms with van der Waals surface area (Å²) in [5.41, 5.74) is 6.30. The highest BCUT2D eigenvalue weighted by Gasteiger charge is 2.31. The van der Waals surface area contributed by atoms with Gasteiger partial charge in [-0.1, -0.05) is 23.8 Å². The molecule has 0 aromatic heterocycles. The van der Waals surface area contributed by atoms with Crippen molar-refractivity contribution in [1.29, 1.82) is 0 Å². The molecule has 0 saturated carbocycles. The van der Waals surface area contributed by atoms with Gasteiger partial charge in [0.25, 0.3) is 10.0 Å². The molecular weight excluding hydrogens is 466 g/mol. The number of anilines is 1. The number of primary amides is 1. The number of rotatable bonds is 7. The molecule has 2 N–H and O–H groups in total. The van der Waals surface area contributed by atoms with E-state index in [-0.39, 0.29) is 28.3 Å². The smallest absolute Gasteiger partial charge is 0.264 e. The minimum absolute atomic E-state index is 0.0816. The lowest BCUT2D eigenvalue weighted by Gasteiger charge is -2.26. The zero-order chi connectivity index (χ0) is 24.6. The lowest BCUT2D eigenvalue weighted by Crippen LogP contribution is -2.39. The van der Waals surface area contributed by atoms with Gasteiger partial charge in [0.15, 0.2) is 11.5 Å². The standard InChI is InChI=1S/C24H22F2N2O5S/c1-14-6-8-21(16(10-14)11-18-19(25)4-3-5-20(18)26)28(13-24(27)29)34(30,31)17-7-9-22-23(12-17)33-15(2)32-22/h3-10,12,15H,11,13H2,1-2H3,(H2,27,29). The number of ether oxygens (including phenoxy) is 2. The summed E-state index contributed by atoms with van der Waals surface area (Å²) >= 11 is 0. The van der Waals surface area contributed by atoms with E-state index in [4.69, 9.17) is 15.2 Å². The SMILES string of the molecule is Cc1ccc(N(CC(N)=O)S(=O)(=O)c2ccc3c(c2)OC(C)O3)c(Cc2c(F)cccc2F)c1. The fourth-order valence-electron chi connectivity index (χ4n) is 3.78. The lowest BCUT2D eigenvalue weighted by molar-refractivity contribution is -0.116. The number of aryl methyl sites for hydroxylation is 1. The molecule has 7 nitrogen and oxygen atoms in total. The van der Waals surface area contributed by atoms with Gasteiger partial charge in [0.2, 0.25) is 12.2 Å². The van der Waals surface area contributed by atoms with Crippen LogP contribution in [-0.2, 0) is 21.2 Å². The van der Waals surface area contributed by atoms with Gasteiger partial charge in [0.05, 0.1) is 10.6 Å². The van der Waals surface area contributed by atoms with E-state index in [1.54, 1.807) is 26.0 Å². The summed E-state index contributed by atoms with van der Waals surface area (Å²) < 4.78 is 67.8. The zero-order valence-electron chi connectivity index (χ0n) is 18.4. The Balaban J connectivity index is 1.82. The van der Waals surface area contributed by atoms with Crippen molar-refractivity contribution >= 4 is 21.6 Å². The normalized spacial score (nSPS) is 14.8. The first kappa shape index (κ1) is 23.5. The van der Waals surface area contributed by atoms with Gasteiger partial charge >= 0.3 is 0 Å². The third-order valence-electron chi connectivity index (χ3n) is 5.32. The fourth-order valence-corrected chi connectivity index (χ4v) is 5.26. The van der Waals surface area contributed by atoms with E-state index >= 15 is 0 Å². The molecule has 3 aromatic rings. The number of fused-ring (bicyclic) bond motifs is 1. The number of carbonyl (C=O) groups is 1. The first-order valence-electron chi connectivity index (χ1n) is 10.4. The number of hydrogen-bond acceptors (Lipinski definition) is 5. The zero-order valence-corrected chi connectivity index (χ0v) is 19.2. The first-order valence-corrected chi connectivity index (χ1v) is 11.8. The van der Waals surface area contributed by atoms with Crippen molar-refractivity contribution in [1.82, 2.24) is 0 Å². The number of amides is 1. The maximum absolute atomic E-state index is 14.4. The second kappa shape index (κ2) is 8.94. The molecule has 0 aliphatic carbocycles. The summed E-state index contributed by atoms with van der Waals surface area (Å²) in [4.78, 5) is 11.7. The van der Waals surface area contributed by atoms with Crippen LogP contribution in [0.15, 0.2) is 59.5 Å². The van der Waals surface area contributed by atoms with Crippen molar-refractivity contribution in [2.75, 3.05) is 10.8 Å². The predicted molar refractivity (Wildman–Crippen MR) is 121 cm³/mol. The first-order chi connectivity index (χ1) is 16.1. The maximum atomic E-state index is 14.4. The lowest BCUT2D eigenvalue weighted by atomic mass is 10.00. The summed E-state index contributed by atoms with van der Waals surface area (Å²) in [6, 6.07) is 12.3. The molecular formula is C24H22F2N2O5S. The van der Waals surface area contributed by atoms with Crippen molar-refractivity contribution in [3.8, 4) is 11.5 Å². The van der Waals surface area contributed by atoms with Crippen LogP contribution in [-0.4, -0.2) is 27.2 Å². The van der Waals surface area contributed by atoms with Gasteiger partial charge in [-0.25, -0.2) is 17.2 Å². The highest BCUT2D eigenvalue weighted by molar-refractivity contribution is 7.92. The Hall–Kier alpha value is -3.66. The fraction of sp³-hybridized carbons (Fsp3) is 0.208. The molecule has 3 aromatic carbocycles. The molecule has 1 heterocycles. The van der Waals surface area contributed by atoms with Gasteiger partial charge in [0, 0.05) is 25.0 Å². The molecule has 0 saturated heterocycles. The second-order valence-electron chi connectivity index (χ2n) is 7.90. The highest BCUT2D eigenvalue weighted by atomic mass is 32.2. The Bertz CT molecular complexity index is 1360. The number of halogens is 2. The molecule has 1 amide bonds. The summed E-state index contributed by atoms with van der Waals surface area (Å²) in [7, 11) is -4.33. The van der Waals surface area contributed by atoms with Crippen LogP contribution in [0.1, 0.15) is 23.6 Å².